The van der Waals surface area contributed by atoms with E-state index in [2.05, 4.69) is 29.7 Å². The molecule has 0 aliphatic carbocycles. The van der Waals surface area contributed by atoms with E-state index in [-0.39, 0.29) is 6.04 Å². The molecule has 0 radical (unpaired) electrons. The van der Waals surface area contributed by atoms with Gasteiger partial charge < -0.3 is 14.4 Å². The van der Waals surface area contributed by atoms with Gasteiger partial charge in [0.05, 0.1) is 13.2 Å². The summed E-state index contributed by atoms with van der Waals surface area (Å²) in [7, 11) is -3.27. The summed E-state index contributed by atoms with van der Waals surface area (Å²) in [5.41, 5.74) is 1.16. The zero-order chi connectivity index (χ0) is 16.8. The van der Waals surface area contributed by atoms with Crippen molar-refractivity contribution in [2.45, 2.75) is 44.9 Å². The number of benzene rings is 1. The van der Waals surface area contributed by atoms with Crippen LogP contribution in [0.25, 0.3) is 0 Å². The summed E-state index contributed by atoms with van der Waals surface area (Å²) in [5.74, 6) is 0. The van der Waals surface area contributed by atoms with Crippen LogP contribution >= 0.6 is 7.60 Å². The first kappa shape index (κ1) is 18.6. The van der Waals surface area contributed by atoms with Crippen molar-refractivity contribution in [3.63, 3.8) is 0 Å². The summed E-state index contributed by atoms with van der Waals surface area (Å²) in [4.78, 5) is 0. The van der Waals surface area contributed by atoms with Gasteiger partial charge in [0.25, 0.3) is 0 Å². The highest BCUT2D eigenvalue weighted by atomic mass is 31.2. The standard InChI is InChI=1S/C17H29N2O3P/c1-4-21-23(20,22-5-2)17(12-9-13-18-14-17)19-15(3)16-10-7-6-8-11-16/h6-8,10-11,15,18-19H,4-5,9,12-14H2,1-3H3/t15-,17+/m0/s1. The second-order valence-electron chi connectivity index (χ2n) is 5.92. The molecule has 2 N–H and O–H groups in total. The highest BCUT2D eigenvalue weighted by Crippen LogP contribution is 2.61. The fourth-order valence-electron chi connectivity index (χ4n) is 3.18. The Labute approximate surface area is 139 Å². The van der Waals surface area contributed by atoms with Crippen molar-refractivity contribution in [2.24, 2.45) is 0 Å². The summed E-state index contributed by atoms with van der Waals surface area (Å²) in [5, 5.41) is 6.26. The van der Waals surface area contributed by atoms with Gasteiger partial charge in [0.1, 0.15) is 5.28 Å². The minimum Gasteiger partial charge on any atom is -0.314 e. The monoisotopic (exact) mass is 340 g/mol. The van der Waals surface area contributed by atoms with Crippen molar-refractivity contribution in [2.75, 3.05) is 26.3 Å². The van der Waals surface area contributed by atoms with Crippen molar-refractivity contribution in [1.29, 1.82) is 0 Å². The Morgan fingerprint density at radius 2 is 1.91 bits per heavy atom. The molecule has 0 unspecified atom stereocenters. The molecule has 0 saturated carbocycles. The van der Waals surface area contributed by atoms with Gasteiger partial charge in [-0.2, -0.15) is 0 Å². The lowest BCUT2D eigenvalue weighted by Gasteiger charge is -2.44. The first-order valence-corrected chi connectivity index (χ1v) is 10.0. The van der Waals surface area contributed by atoms with Crippen molar-refractivity contribution >= 4 is 7.60 Å². The molecule has 2 atom stereocenters. The average molecular weight is 340 g/mol. The second-order valence-corrected chi connectivity index (χ2v) is 8.29. The molecule has 1 aliphatic rings. The van der Waals surface area contributed by atoms with Crippen LogP contribution in [0.15, 0.2) is 30.3 Å². The Kier molecular flexibility index (Phi) is 6.81. The van der Waals surface area contributed by atoms with Crippen LogP contribution in [-0.4, -0.2) is 31.6 Å². The van der Waals surface area contributed by atoms with Crippen LogP contribution in [0.1, 0.15) is 45.2 Å². The van der Waals surface area contributed by atoms with E-state index in [1.165, 1.54) is 0 Å². The molecule has 2 rings (SSSR count). The third-order valence-corrected chi connectivity index (χ3v) is 7.02. The van der Waals surface area contributed by atoms with Gasteiger partial charge in [0, 0.05) is 12.6 Å². The number of hydrogen-bond donors (Lipinski definition) is 2. The van der Waals surface area contributed by atoms with Crippen LogP contribution in [0.5, 0.6) is 0 Å². The summed E-state index contributed by atoms with van der Waals surface area (Å²) in [6, 6.07) is 10.3. The van der Waals surface area contributed by atoms with Crippen LogP contribution in [-0.2, 0) is 13.6 Å². The fraction of sp³-hybridized carbons (Fsp3) is 0.647. The first-order chi connectivity index (χ1) is 11.1. The molecule has 1 aromatic rings. The van der Waals surface area contributed by atoms with E-state index in [9.17, 15) is 4.57 Å². The van der Waals surface area contributed by atoms with Crippen molar-refractivity contribution in [3.8, 4) is 0 Å². The third kappa shape index (κ3) is 4.23. The molecule has 0 aromatic heterocycles. The molecule has 1 aliphatic heterocycles. The normalized spacial score (nSPS) is 23.6. The molecule has 5 nitrogen and oxygen atoms in total. The maximum Gasteiger partial charge on any atom is 0.351 e. The van der Waals surface area contributed by atoms with E-state index in [1.54, 1.807) is 0 Å². The quantitative estimate of drug-likeness (QED) is 0.707. The minimum atomic E-state index is -3.27. The molecule has 130 valence electrons. The molecule has 1 heterocycles. The average Bonchev–Trinajstić information content (AvgIpc) is 2.57. The topological polar surface area (TPSA) is 59.6 Å². The number of piperidine rings is 1. The van der Waals surface area contributed by atoms with E-state index in [4.69, 9.17) is 9.05 Å². The SMILES string of the molecule is CCOP(=O)(OCC)[C@]1(N[C@@H](C)c2ccccc2)CCCNC1. The van der Waals surface area contributed by atoms with Crippen molar-refractivity contribution in [1.82, 2.24) is 10.6 Å². The van der Waals surface area contributed by atoms with Gasteiger partial charge in [-0.25, -0.2) is 0 Å². The van der Waals surface area contributed by atoms with Gasteiger partial charge in [-0.15, -0.1) is 0 Å². The maximum atomic E-state index is 13.5. The summed E-state index contributed by atoms with van der Waals surface area (Å²) < 4.78 is 24.9. The Morgan fingerprint density at radius 3 is 2.43 bits per heavy atom. The Balaban J connectivity index is 2.29. The van der Waals surface area contributed by atoms with Crippen molar-refractivity contribution < 1.29 is 13.6 Å². The zero-order valence-electron chi connectivity index (χ0n) is 14.4. The number of rotatable bonds is 8. The van der Waals surface area contributed by atoms with Crippen molar-refractivity contribution in [3.05, 3.63) is 35.9 Å². The van der Waals surface area contributed by atoms with Crippen LogP contribution in [0.2, 0.25) is 0 Å². The van der Waals surface area contributed by atoms with E-state index in [0.29, 0.717) is 19.8 Å². The first-order valence-electron chi connectivity index (χ1n) is 8.49. The highest BCUT2D eigenvalue weighted by Gasteiger charge is 2.52. The molecular formula is C17H29N2O3P. The smallest absolute Gasteiger partial charge is 0.314 e. The molecule has 23 heavy (non-hydrogen) atoms. The predicted molar refractivity (Wildman–Crippen MR) is 93.7 cm³/mol. The molecule has 0 amide bonds. The number of hydrogen-bond acceptors (Lipinski definition) is 5. The van der Waals surface area contributed by atoms with Crippen LogP contribution in [0.4, 0.5) is 0 Å². The number of nitrogens with one attached hydrogen (secondary N) is 2. The molecule has 1 saturated heterocycles. The molecule has 6 heteroatoms. The summed E-state index contributed by atoms with van der Waals surface area (Å²) in [6.45, 7) is 8.07. The molecule has 0 bridgehead atoms. The second kappa shape index (κ2) is 8.41. The highest BCUT2D eigenvalue weighted by molar-refractivity contribution is 7.55. The lowest BCUT2D eigenvalue weighted by Crippen LogP contribution is -2.56. The third-order valence-electron chi connectivity index (χ3n) is 4.27. The van der Waals surface area contributed by atoms with E-state index in [0.717, 1.165) is 24.9 Å². The summed E-state index contributed by atoms with van der Waals surface area (Å²) in [6.07, 6.45) is 1.72. The largest absolute Gasteiger partial charge is 0.351 e. The van der Waals surface area contributed by atoms with Gasteiger partial charge in [-0.3, -0.25) is 9.88 Å². The van der Waals surface area contributed by atoms with E-state index < -0.39 is 12.9 Å². The molecule has 0 spiro atoms. The van der Waals surface area contributed by atoms with Crippen LogP contribution < -0.4 is 10.6 Å². The van der Waals surface area contributed by atoms with Gasteiger partial charge in [-0.05, 0) is 45.7 Å². The van der Waals surface area contributed by atoms with Gasteiger partial charge >= 0.3 is 7.60 Å². The summed E-state index contributed by atoms with van der Waals surface area (Å²) >= 11 is 0. The molecule has 1 aromatic carbocycles. The lowest BCUT2D eigenvalue weighted by molar-refractivity contribution is 0.166. The lowest BCUT2D eigenvalue weighted by atomic mass is 10.0. The predicted octanol–water partition coefficient (Wildman–Crippen LogP) is 3.68. The Bertz CT molecular complexity index is 508. The molecule has 1 fully saturated rings. The fourth-order valence-corrected chi connectivity index (χ4v) is 5.52. The van der Waals surface area contributed by atoms with Gasteiger partial charge in [0.2, 0.25) is 0 Å². The van der Waals surface area contributed by atoms with Gasteiger partial charge in [0.15, 0.2) is 0 Å². The van der Waals surface area contributed by atoms with E-state index in [1.807, 2.05) is 32.0 Å². The maximum absolute atomic E-state index is 13.5. The van der Waals surface area contributed by atoms with Crippen LogP contribution in [0.3, 0.4) is 0 Å². The van der Waals surface area contributed by atoms with Gasteiger partial charge in [-0.1, -0.05) is 30.3 Å². The Hall–Kier alpha value is -0.710. The minimum absolute atomic E-state index is 0.0605. The van der Waals surface area contributed by atoms with Crippen LogP contribution in [0, 0.1) is 0 Å². The zero-order valence-corrected chi connectivity index (χ0v) is 15.3. The van der Waals surface area contributed by atoms with E-state index >= 15 is 0 Å². The Morgan fingerprint density at radius 1 is 1.26 bits per heavy atom. The molecular weight excluding hydrogens is 311 g/mol.